The van der Waals surface area contributed by atoms with Crippen LogP contribution in [0.15, 0.2) is 79.0 Å². The van der Waals surface area contributed by atoms with Crippen molar-refractivity contribution >= 4 is 28.2 Å². The fourth-order valence-corrected chi connectivity index (χ4v) is 4.88. The van der Waals surface area contributed by atoms with Crippen molar-refractivity contribution in [3.8, 4) is 11.3 Å². The summed E-state index contributed by atoms with van der Waals surface area (Å²) in [6, 6.07) is 15.4. The van der Waals surface area contributed by atoms with Gasteiger partial charge in [0, 0.05) is 55.7 Å². The van der Waals surface area contributed by atoms with Crippen LogP contribution in [0.2, 0.25) is 0 Å². The number of pyridine rings is 1. The first-order valence-corrected chi connectivity index (χ1v) is 13.3. The third-order valence-corrected chi connectivity index (χ3v) is 6.93. The van der Waals surface area contributed by atoms with E-state index >= 15 is 0 Å². The summed E-state index contributed by atoms with van der Waals surface area (Å²) in [6.45, 7) is 3.52. The number of hydrogen-bond acceptors (Lipinski definition) is 7. The van der Waals surface area contributed by atoms with E-state index in [1.807, 2.05) is 36.4 Å². The first-order chi connectivity index (χ1) is 19.4. The third kappa shape index (κ3) is 7.43. The Labute approximate surface area is 233 Å². The van der Waals surface area contributed by atoms with Gasteiger partial charge in [0.2, 0.25) is 0 Å². The van der Waals surface area contributed by atoms with E-state index in [1.54, 1.807) is 38.6 Å². The van der Waals surface area contributed by atoms with Crippen molar-refractivity contribution in [2.24, 2.45) is 0 Å². The molecule has 0 spiro atoms. The van der Waals surface area contributed by atoms with Gasteiger partial charge in [-0.15, -0.1) is 0 Å². The zero-order chi connectivity index (χ0) is 28.5. The minimum Gasteiger partial charge on any atom is -0.381 e. The number of halogens is 1. The number of amidine groups is 1. The van der Waals surface area contributed by atoms with Crippen molar-refractivity contribution in [1.29, 1.82) is 5.41 Å². The van der Waals surface area contributed by atoms with Crippen LogP contribution in [0.25, 0.3) is 22.0 Å². The summed E-state index contributed by atoms with van der Waals surface area (Å²) >= 11 is 0. The van der Waals surface area contributed by atoms with Crippen molar-refractivity contribution in [2.45, 2.75) is 44.4 Å². The van der Waals surface area contributed by atoms with Crippen LogP contribution in [0, 0.1) is 5.41 Å². The lowest BCUT2D eigenvalue weighted by Crippen LogP contribution is -2.40. The van der Waals surface area contributed by atoms with Crippen LogP contribution < -0.4 is 26.8 Å². The topological polar surface area (TPSA) is 123 Å². The minimum absolute atomic E-state index is 0.258. The second-order valence-corrected chi connectivity index (χ2v) is 9.67. The number of hydrogen-bond donors (Lipinski definition) is 6. The molecule has 0 aliphatic heterocycles. The molecule has 1 aliphatic carbocycles. The van der Waals surface area contributed by atoms with Crippen LogP contribution in [-0.4, -0.2) is 43.0 Å². The van der Waals surface area contributed by atoms with Gasteiger partial charge in [0.1, 0.15) is 11.7 Å². The van der Waals surface area contributed by atoms with Gasteiger partial charge < -0.3 is 26.1 Å². The van der Waals surface area contributed by atoms with Gasteiger partial charge in [0.25, 0.3) is 5.91 Å². The molecule has 0 bridgehead atoms. The summed E-state index contributed by atoms with van der Waals surface area (Å²) < 4.78 is 18.6. The maximum Gasteiger partial charge on any atom is 0.283 e. The van der Waals surface area contributed by atoms with Gasteiger partial charge in [-0.25, -0.2) is 9.82 Å². The highest BCUT2D eigenvalue weighted by Crippen LogP contribution is 2.31. The molecule has 210 valence electrons. The molecule has 0 saturated heterocycles. The van der Waals surface area contributed by atoms with Crippen LogP contribution in [0.3, 0.4) is 0 Å². The molecule has 1 amide bonds. The Balaban J connectivity index is 1.50. The molecule has 0 atom stereocenters. The number of amides is 1. The molecule has 1 fully saturated rings. The molecule has 40 heavy (non-hydrogen) atoms. The predicted octanol–water partition coefficient (Wildman–Crippen LogP) is 4.50. The number of benzene rings is 2. The number of methoxy groups -OCH3 is 1. The standard InChI is InChI=1S/C30H36FN7O2/c1-19(31)30(39)37-23-10-13-26-20(16-23)14-15-34-29(26)25-7-5-4-6-21(25)18-35-28(38-33-2)17-27(32)36-22-8-11-24(40-3)12-9-22/h4-7,10,13-17,22,24,33,35,38H,1,8-9,11-12,18H2,2-3H3,(H2,32,36)(H,37,39)/b28-17-. The van der Waals surface area contributed by atoms with Gasteiger partial charge in [0.05, 0.1) is 11.8 Å². The molecular formula is C30H36FN7O2. The maximum atomic E-state index is 13.1. The number of aromatic nitrogens is 1. The smallest absolute Gasteiger partial charge is 0.283 e. The Hall–Kier alpha value is -4.28. The zero-order valence-electron chi connectivity index (χ0n) is 22.8. The highest BCUT2D eigenvalue weighted by molar-refractivity contribution is 6.04. The Morgan fingerprint density at radius 2 is 1.95 bits per heavy atom. The Kier molecular flexibility index (Phi) is 9.82. The molecule has 9 nitrogen and oxygen atoms in total. The molecule has 10 heteroatoms. The monoisotopic (exact) mass is 545 g/mol. The predicted molar refractivity (Wildman–Crippen MR) is 157 cm³/mol. The van der Waals surface area contributed by atoms with Gasteiger partial charge in [-0.1, -0.05) is 36.9 Å². The number of carbonyl (C=O) groups is 1. The Morgan fingerprint density at radius 1 is 1.18 bits per heavy atom. The first kappa shape index (κ1) is 28.7. The number of nitrogens with one attached hydrogen (secondary N) is 6. The zero-order valence-corrected chi connectivity index (χ0v) is 22.8. The highest BCUT2D eigenvalue weighted by atomic mass is 19.1. The molecule has 1 heterocycles. The minimum atomic E-state index is -1.04. The molecule has 6 N–H and O–H groups in total. The van der Waals surface area contributed by atoms with Gasteiger partial charge in [-0.2, -0.15) is 0 Å². The number of anilines is 1. The second-order valence-electron chi connectivity index (χ2n) is 9.67. The maximum absolute atomic E-state index is 13.1. The van der Waals surface area contributed by atoms with Gasteiger partial charge in [-0.05, 0) is 54.8 Å². The van der Waals surface area contributed by atoms with E-state index in [9.17, 15) is 9.18 Å². The van der Waals surface area contributed by atoms with Crippen molar-refractivity contribution in [2.75, 3.05) is 19.5 Å². The van der Waals surface area contributed by atoms with Crippen LogP contribution in [0.1, 0.15) is 31.2 Å². The Morgan fingerprint density at radius 3 is 2.67 bits per heavy atom. The molecule has 0 unspecified atom stereocenters. The fraction of sp³-hybridized carbons (Fsp3) is 0.300. The summed E-state index contributed by atoms with van der Waals surface area (Å²) in [7, 11) is 3.52. The van der Waals surface area contributed by atoms with Crippen LogP contribution in [0.5, 0.6) is 0 Å². The normalized spacial score (nSPS) is 17.2. The number of fused-ring (bicyclic) bond motifs is 1. The second kappa shape index (κ2) is 13.7. The highest BCUT2D eigenvalue weighted by Gasteiger charge is 2.21. The summed E-state index contributed by atoms with van der Waals surface area (Å²) in [6.07, 6.45) is 7.69. The number of nitrogens with zero attached hydrogens (tertiary/aromatic N) is 1. The van der Waals surface area contributed by atoms with Gasteiger partial charge in [-0.3, -0.25) is 15.2 Å². The number of rotatable bonds is 11. The third-order valence-electron chi connectivity index (χ3n) is 6.93. The fourth-order valence-electron chi connectivity index (χ4n) is 4.88. The summed E-state index contributed by atoms with van der Waals surface area (Å²) in [5, 5.41) is 19.4. The summed E-state index contributed by atoms with van der Waals surface area (Å²) in [5.41, 5.74) is 9.22. The average Bonchev–Trinajstić information content (AvgIpc) is 2.96. The molecule has 3 aromatic rings. The van der Waals surface area contributed by atoms with E-state index in [2.05, 4.69) is 38.4 Å². The molecule has 1 aromatic heterocycles. The molecular weight excluding hydrogens is 509 g/mol. The molecule has 0 radical (unpaired) electrons. The van der Waals surface area contributed by atoms with Crippen LogP contribution in [-0.2, 0) is 16.1 Å². The SMILES string of the molecule is C=C(F)C(=O)Nc1ccc2c(-c3ccccc3CN/C(=C/C(=N)NC3CCC(OC)CC3)NNC)nccc2c1. The lowest BCUT2D eigenvalue weighted by Gasteiger charge is -2.28. The van der Waals surface area contributed by atoms with Crippen LogP contribution >= 0.6 is 0 Å². The number of hydrazine groups is 1. The van der Waals surface area contributed by atoms with Crippen molar-refractivity contribution < 1.29 is 13.9 Å². The van der Waals surface area contributed by atoms with Gasteiger partial charge in [0.15, 0.2) is 5.83 Å². The lowest BCUT2D eigenvalue weighted by atomic mass is 9.93. The number of carbonyl (C=O) groups excluding carboxylic acids is 1. The lowest BCUT2D eigenvalue weighted by molar-refractivity contribution is -0.114. The van der Waals surface area contributed by atoms with E-state index < -0.39 is 11.7 Å². The quantitative estimate of drug-likeness (QED) is 0.0908. The number of ether oxygens (including phenoxy) is 1. The van der Waals surface area contributed by atoms with Crippen molar-refractivity contribution in [1.82, 2.24) is 26.5 Å². The molecule has 2 aromatic carbocycles. The van der Waals surface area contributed by atoms with E-state index in [1.165, 1.54) is 0 Å². The molecule has 4 rings (SSSR count). The largest absolute Gasteiger partial charge is 0.381 e. The van der Waals surface area contributed by atoms with Crippen molar-refractivity contribution in [3.63, 3.8) is 0 Å². The summed E-state index contributed by atoms with van der Waals surface area (Å²) in [5.74, 6) is -0.931. The van der Waals surface area contributed by atoms with E-state index in [-0.39, 0.29) is 6.04 Å². The van der Waals surface area contributed by atoms with Gasteiger partial charge >= 0.3 is 0 Å². The first-order valence-electron chi connectivity index (χ1n) is 13.3. The molecule has 1 aliphatic rings. The van der Waals surface area contributed by atoms with E-state index in [0.717, 1.165) is 53.3 Å². The molecule has 1 saturated carbocycles. The van der Waals surface area contributed by atoms with E-state index in [4.69, 9.17) is 10.1 Å². The summed E-state index contributed by atoms with van der Waals surface area (Å²) in [4.78, 5) is 16.4. The Bertz CT molecular complexity index is 1400. The van der Waals surface area contributed by atoms with E-state index in [0.29, 0.717) is 30.0 Å². The van der Waals surface area contributed by atoms with Crippen LogP contribution in [0.4, 0.5) is 10.1 Å². The van der Waals surface area contributed by atoms with Crippen molar-refractivity contribution in [3.05, 3.63) is 84.6 Å². The average molecular weight is 546 g/mol.